The van der Waals surface area contributed by atoms with Crippen LogP contribution in [0, 0.1) is 0 Å². The average Bonchev–Trinajstić information content (AvgIpc) is 3.50. The van der Waals surface area contributed by atoms with Gasteiger partial charge in [0.25, 0.3) is 10.0 Å². The quantitative estimate of drug-likeness (QED) is 0.232. The van der Waals surface area contributed by atoms with E-state index in [1.165, 1.54) is 42.3 Å². The molecule has 0 heterocycles. The van der Waals surface area contributed by atoms with Gasteiger partial charge < -0.3 is 15.0 Å². The Labute approximate surface area is 267 Å². The Bertz CT molecular complexity index is 1530. The number of hydrogen-bond donors (Lipinski definition) is 1. The first-order valence-electron chi connectivity index (χ1n) is 14.0. The van der Waals surface area contributed by atoms with E-state index in [4.69, 9.17) is 39.5 Å². The molecule has 1 aliphatic carbocycles. The molecule has 0 aliphatic heterocycles. The van der Waals surface area contributed by atoms with Gasteiger partial charge in [-0.2, -0.15) is 0 Å². The molecule has 3 aromatic carbocycles. The monoisotopic (exact) mass is 665 g/mol. The second kappa shape index (κ2) is 14.7. The van der Waals surface area contributed by atoms with Crippen LogP contribution < -0.4 is 14.4 Å². The van der Waals surface area contributed by atoms with Crippen molar-refractivity contribution < 1.29 is 22.7 Å². The summed E-state index contributed by atoms with van der Waals surface area (Å²) in [6.07, 6.45) is 4.07. The number of nitrogens with one attached hydrogen (secondary N) is 1. The largest absolute Gasteiger partial charge is 0.495 e. The zero-order valence-corrected chi connectivity index (χ0v) is 27.0. The minimum absolute atomic E-state index is 0.0125. The second-order valence-electron chi connectivity index (χ2n) is 10.3. The van der Waals surface area contributed by atoms with Gasteiger partial charge in [-0.1, -0.05) is 78.8 Å². The molecule has 0 spiro atoms. The highest BCUT2D eigenvalue weighted by atomic mass is 35.5. The molecule has 1 saturated carbocycles. The third kappa shape index (κ3) is 7.76. The molecule has 1 aliphatic rings. The van der Waals surface area contributed by atoms with E-state index in [2.05, 4.69) is 5.32 Å². The van der Waals surface area contributed by atoms with Crippen LogP contribution in [0.1, 0.15) is 44.6 Å². The zero-order chi connectivity index (χ0) is 31.1. The lowest BCUT2D eigenvalue weighted by Crippen LogP contribution is -2.53. The van der Waals surface area contributed by atoms with Crippen molar-refractivity contribution in [2.45, 2.75) is 62.6 Å². The SMILES string of the molecule is CC[C@@H](C(=O)NC1CCCC1)N(Cc1c(Cl)cccc1Cl)C(=O)CN(c1ccc(OC)c(Cl)c1)S(=O)(=O)c1ccccc1. The molecular weight excluding hydrogens is 633 g/mol. The number of anilines is 1. The van der Waals surface area contributed by atoms with E-state index in [0.717, 1.165) is 30.0 Å². The van der Waals surface area contributed by atoms with Crippen molar-refractivity contribution in [3.63, 3.8) is 0 Å². The normalized spacial score (nSPS) is 14.3. The summed E-state index contributed by atoms with van der Waals surface area (Å²) in [5, 5.41) is 3.90. The van der Waals surface area contributed by atoms with Crippen LogP contribution in [-0.2, 0) is 26.2 Å². The summed E-state index contributed by atoms with van der Waals surface area (Å²) in [5.41, 5.74) is 0.610. The van der Waals surface area contributed by atoms with Gasteiger partial charge in [-0.3, -0.25) is 13.9 Å². The molecular formula is C31H34Cl3N3O5S. The van der Waals surface area contributed by atoms with Crippen LogP contribution in [0.2, 0.25) is 15.1 Å². The van der Waals surface area contributed by atoms with Gasteiger partial charge in [0.2, 0.25) is 11.8 Å². The van der Waals surface area contributed by atoms with E-state index >= 15 is 0 Å². The molecule has 2 amide bonds. The summed E-state index contributed by atoms with van der Waals surface area (Å²) in [6.45, 7) is 1.08. The fraction of sp³-hybridized carbons (Fsp3) is 0.355. The Hall–Kier alpha value is -2.98. The summed E-state index contributed by atoms with van der Waals surface area (Å²) < 4.78 is 34.2. The van der Waals surface area contributed by atoms with Crippen molar-refractivity contribution in [2.75, 3.05) is 18.0 Å². The van der Waals surface area contributed by atoms with Crippen LogP contribution in [0.15, 0.2) is 71.6 Å². The van der Waals surface area contributed by atoms with Crippen molar-refractivity contribution in [3.8, 4) is 5.75 Å². The predicted molar refractivity (Wildman–Crippen MR) is 170 cm³/mol. The Morgan fingerprint density at radius 1 is 0.953 bits per heavy atom. The third-order valence-electron chi connectivity index (χ3n) is 7.51. The maximum atomic E-state index is 14.3. The highest BCUT2D eigenvalue weighted by Gasteiger charge is 2.35. The smallest absolute Gasteiger partial charge is 0.264 e. The van der Waals surface area contributed by atoms with E-state index in [9.17, 15) is 18.0 Å². The topological polar surface area (TPSA) is 96.0 Å². The van der Waals surface area contributed by atoms with Gasteiger partial charge in [0.05, 0.1) is 22.7 Å². The predicted octanol–water partition coefficient (Wildman–Crippen LogP) is 6.72. The van der Waals surface area contributed by atoms with E-state index in [-0.39, 0.29) is 40.5 Å². The molecule has 1 fully saturated rings. The summed E-state index contributed by atoms with van der Waals surface area (Å²) in [5.74, 6) is -0.579. The molecule has 230 valence electrons. The van der Waals surface area contributed by atoms with Gasteiger partial charge >= 0.3 is 0 Å². The first kappa shape index (κ1) is 32.9. The van der Waals surface area contributed by atoms with Crippen LogP contribution in [0.5, 0.6) is 5.75 Å². The Morgan fingerprint density at radius 2 is 1.60 bits per heavy atom. The number of nitrogens with zero attached hydrogens (tertiary/aromatic N) is 2. The van der Waals surface area contributed by atoms with Crippen molar-refractivity contribution in [2.24, 2.45) is 0 Å². The van der Waals surface area contributed by atoms with Crippen molar-refractivity contribution >= 4 is 62.3 Å². The summed E-state index contributed by atoms with van der Waals surface area (Å²) in [6, 6.07) is 16.4. The Balaban J connectivity index is 1.76. The van der Waals surface area contributed by atoms with Gasteiger partial charge in [0.1, 0.15) is 18.3 Å². The van der Waals surface area contributed by atoms with E-state index in [0.29, 0.717) is 21.4 Å². The van der Waals surface area contributed by atoms with Gasteiger partial charge in [0, 0.05) is 28.2 Å². The molecule has 0 radical (unpaired) electrons. The molecule has 1 N–H and O–H groups in total. The van der Waals surface area contributed by atoms with E-state index < -0.39 is 28.5 Å². The number of amides is 2. The highest BCUT2D eigenvalue weighted by Crippen LogP contribution is 2.33. The van der Waals surface area contributed by atoms with Gasteiger partial charge in [0.15, 0.2) is 0 Å². The molecule has 8 nitrogen and oxygen atoms in total. The molecule has 12 heteroatoms. The standard InChI is InChI=1S/C31H34Cl3N3O5S/c1-3-28(31(39)35-21-10-7-8-11-21)36(19-24-25(32)14-9-15-26(24)33)30(38)20-37(22-16-17-29(42-2)27(34)18-22)43(40,41)23-12-5-4-6-13-23/h4-6,9,12-18,21,28H,3,7-8,10-11,19-20H2,1-2H3,(H,35,39)/t28-/m0/s1. The Kier molecular flexibility index (Phi) is 11.2. The number of ether oxygens (including phenoxy) is 1. The maximum Gasteiger partial charge on any atom is 0.264 e. The summed E-state index contributed by atoms with van der Waals surface area (Å²) >= 11 is 19.4. The molecule has 0 aromatic heterocycles. The number of carbonyl (C=O) groups is 2. The first-order valence-corrected chi connectivity index (χ1v) is 16.6. The van der Waals surface area contributed by atoms with Crippen LogP contribution in [0.4, 0.5) is 5.69 Å². The minimum atomic E-state index is -4.25. The molecule has 4 rings (SSSR count). The van der Waals surface area contributed by atoms with Crippen molar-refractivity contribution in [3.05, 3.63) is 87.4 Å². The van der Waals surface area contributed by atoms with Gasteiger partial charge in [-0.25, -0.2) is 8.42 Å². The molecule has 0 unspecified atom stereocenters. The summed E-state index contributed by atoms with van der Waals surface area (Å²) in [7, 11) is -2.80. The lowest BCUT2D eigenvalue weighted by atomic mass is 10.1. The lowest BCUT2D eigenvalue weighted by Gasteiger charge is -2.34. The number of rotatable bonds is 12. The number of benzene rings is 3. The summed E-state index contributed by atoms with van der Waals surface area (Å²) in [4.78, 5) is 29.2. The number of methoxy groups -OCH3 is 1. The third-order valence-corrected chi connectivity index (χ3v) is 10.3. The molecule has 1 atom stereocenters. The maximum absolute atomic E-state index is 14.3. The number of carbonyl (C=O) groups excluding carboxylic acids is 2. The highest BCUT2D eigenvalue weighted by molar-refractivity contribution is 7.92. The van der Waals surface area contributed by atoms with Crippen molar-refractivity contribution in [1.82, 2.24) is 10.2 Å². The second-order valence-corrected chi connectivity index (χ2v) is 13.4. The molecule has 43 heavy (non-hydrogen) atoms. The van der Waals surface area contributed by atoms with E-state index in [1.807, 2.05) is 0 Å². The number of sulfonamides is 1. The van der Waals surface area contributed by atoms with Crippen LogP contribution >= 0.6 is 34.8 Å². The van der Waals surface area contributed by atoms with Gasteiger partial charge in [-0.15, -0.1) is 0 Å². The fourth-order valence-corrected chi connectivity index (χ4v) is 7.40. The zero-order valence-electron chi connectivity index (χ0n) is 23.9. The fourth-order valence-electron chi connectivity index (χ4n) is 5.20. The molecule has 3 aromatic rings. The average molecular weight is 667 g/mol. The van der Waals surface area contributed by atoms with Crippen molar-refractivity contribution in [1.29, 1.82) is 0 Å². The van der Waals surface area contributed by atoms with Crippen LogP contribution in [0.25, 0.3) is 0 Å². The molecule has 0 saturated heterocycles. The first-order chi connectivity index (χ1) is 20.6. The minimum Gasteiger partial charge on any atom is -0.495 e. The van der Waals surface area contributed by atoms with Gasteiger partial charge in [-0.05, 0) is 61.7 Å². The molecule has 0 bridgehead atoms. The van der Waals surface area contributed by atoms with Crippen LogP contribution in [0.3, 0.4) is 0 Å². The number of hydrogen-bond acceptors (Lipinski definition) is 5. The lowest BCUT2D eigenvalue weighted by molar-refractivity contribution is -0.140. The van der Waals surface area contributed by atoms with E-state index in [1.54, 1.807) is 43.3 Å². The number of halogens is 3. The Morgan fingerprint density at radius 3 is 2.19 bits per heavy atom. The van der Waals surface area contributed by atoms with Crippen LogP contribution in [-0.4, -0.2) is 50.9 Å².